The van der Waals surface area contributed by atoms with Gasteiger partial charge in [0.25, 0.3) is 0 Å². The van der Waals surface area contributed by atoms with Crippen LogP contribution in [0.5, 0.6) is 0 Å². The lowest BCUT2D eigenvalue weighted by Gasteiger charge is -2.07. The first-order valence-electron chi connectivity index (χ1n) is 4.52. The Morgan fingerprint density at radius 1 is 1.54 bits per heavy atom. The van der Waals surface area contributed by atoms with Crippen molar-refractivity contribution in [1.29, 1.82) is 0 Å². The predicted octanol–water partition coefficient (Wildman–Crippen LogP) is 2.42. The van der Waals surface area contributed by atoms with Crippen LogP contribution in [0.15, 0.2) is 23.1 Å². The number of hydrogen-bond acceptors (Lipinski definition) is 3. The van der Waals surface area contributed by atoms with E-state index in [-0.39, 0.29) is 0 Å². The molecule has 0 aromatic heterocycles. The molecule has 0 spiro atoms. The SMILES string of the molecule is CC1CNc2cc(N)ccc2SC1. The van der Waals surface area contributed by atoms with Gasteiger partial charge in [0, 0.05) is 28.6 Å². The molecule has 0 fully saturated rings. The molecule has 1 unspecified atom stereocenters. The van der Waals surface area contributed by atoms with Crippen LogP contribution in [-0.4, -0.2) is 12.3 Å². The van der Waals surface area contributed by atoms with Crippen LogP contribution in [0.4, 0.5) is 11.4 Å². The molecular formula is C10H14N2S. The molecule has 0 bridgehead atoms. The molecule has 1 heterocycles. The highest BCUT2D eigenvalue weighted by molar-refractivity contribution is 7.99. The molecule has 0 saturated heterocycles. The molecule has 1 aromatic carbocycles. The van der Waals surface area contributed by atoms with E-state index in [0.717, 1.165) is 18.2 Å². The van der Waals surface area contributed by atoms with Crippen molar-refractivity contribution < 1.29 is 0 Å². The van der Waals surface area contributed by atoms with Crippen LogP contribution in [0.2, 0.25) is 0 Å². The van der Waals surface area contributed by atoms with Crippen molar-refractivity contribution in [3.63, 3.8) is 0 Å². The quantitative estimate of drug-likeness (QED) is 0.623. The molecule has 70 valence electrons. The van der Waals surface area contributed by atoms with E-state index < -0.39 is 0 Å². The Morgan fingerprint density at radius 2 is 2.38 bits per heavy atom. The Hall–Kier alpha value is -0.830. The summed E-state index contributed by atoms with van der Waals surface area (Å²) in [4.78, 5) is 1.32. The fraction of sp³-hybridized carbons (Fsp3) is 0.400. The van der Waals surface area contributed by atoms with Crippen LogP contribution in [0.25, 0.3) is 0 Å². The summed E-state index contributed by atoms with van der Waals surface area (Å²) in [6.45, 7) is 3.30. The second-order valence-corrected chi connectivity index (χ2v) is 4.61. The van der Waals surface area contributed by atoms with E-state index in [2.05, 4.69) is 18.3 Å². The zero-order chi connectivity index (χ0) is 9.26. The highest BCUT2D eigenvalue weighted by Crippen LogP contribution is 2.32. The zero-order valence-corrected chi connectivity index (χ0v) is 8.53. The molecule has 3 N–H and O–H groups in total. The van der Waals surface area contributed by atoms with Gasteiger partial charge in [0.15, 0.2) is 0 Å². The molecule has 2 nitrogen and oxygen atoms in total. The fourth-order valence-electron chi connectivity index (χ4n) is 1.39. The van der Waals surface area contributed by atoms with Gasteiger partial charge in [-0.05, 0) is 24.1 Å². The van der Waals surface area contributed by atoms with Gasteiger partial charge in [-0.3, -0.25) is 0 Å². The average Bonchev–Trinajstić information content (AvgIpc) is 2.29. The number of fused-ring (bicyclic) bond motifs is 1. The molecule has 1 aromatic rings. The normalized spacial score (nSPS) is 21.5. The largest absolute Gasteiger partial charge is 0.399 e. The maximum Gasteiger partial charge on any atom is 0.0499 e. The van der Waals surface area contributed by atoms with E-state index in [9.17, 15) is 0 Å². The first-order chi connectivity index (χ1) is 6.25. The molecule has 3 heteroatoms. The highest BCUT2D eigenvalue weighted by Gasteiger charge is 2.12. The minimum absolute atomic E-state index is 0.721. The van der Waals surface area contributed by atoms with Gasteiger partial charge in [0.1, 0.15) is 0 Å². The Morgan fingerprint density at radius 3 is 3.23 bits per heavy atom. The smallest absolute Gasteiger partial charge is 0.0499 e. The summed E-state index contributed by atoms with van der Waals surface area (Å²) in [5.74, 6) is 1.91. The Kier molecular flexibility index (Phi) is 2.36. The van der Waals surface area contributed by atoms with E-state index in [1.54, 1.807) is 0 Å². The van der Waals surface area contributed by atoms with Crippen LogP contribution in [0.1, 0.15) is 6.92 Å². The zero-order valence-electron chi connectivity index (χ0n) is 7.71. The van der Waals surface area contributed by atoms with Crippen molar-refractivity contribution in [2.45, 2.75) is 11.8 Å². The van der Waals surface area contributed by atoms with E-state index in [4.69, 9.17) is 5.73 Å². The molecule has 2 rings (SSSR count). The van der Waals surface area contributed by atoms with Gasteiger partial charge in [-0.2, -0.15) is 0 Å². The van der Waals surface area contributed by atoms with E-state index in [0.29, 0.717) is 0 Å². The molecule has 0 radical (unpaired) electrons. The molecule has 0 aliphatic carbocycles. The summed E-state index contributed by atoms with van der Waals surface area (Å²) in [7, 11) is 0. The van der Waals surface area contributed by atoms with Crippen LogP contribution < -0.4 is 11.1 Å². The summed E-state index contributed by atoms with van der Waals surface area (Å²) in [6.07, 6.45) is 0. The van der Waals surface area contributed by atoms with Crippen LogP contribution in [0.3, 0.4) is 0 Å². The lowest BCUT2D eigenvalue weighted by Crippen LogP contribution is -2.10. The summed E-state index contributed by atoms with van der Waals surface area (Å²) in [6, 6.07) is 6.07. The van der Waals surface area contributed by atoms with E-state index in [1.807, 2.05) is 23.9 Å². The monoisotopic (exact) mass is 194 g/mol. The van der Waals surface area contributed by atoms with Gasteiger partial charge >= 0.3 is 0 Å². The van der Waals surface area contributed by atoms with Crippen molar-refractivity contribution >= 4 is 23.1 Å². The lowest BCUT2D eigenvalue weighted by molar-refractivity contribution is 0.705. The maximum atomic E-state index is 5.72. The summed E-state index contributed by atoms with van der Waals surface area (Å²) >= 11 is 1.91. The first-order valence-corrected chi connectivity index (χ1v) is 5.50. The second-order valence-electron chi connectivity index (χ2n) is 3.55. The van der Waals surface area contributed by atoms with E-state index >= 15 is 0 Å². The summed E-state index contributed by atoms with van der Waals surface area (Å²) < 4.78 is 0. The van der Waals surface area contributed by atoms with E-state index in [1.165, 1.54) is 16.3 Å². The molecule has 0 amide bonds. The number of nitrogens with two attached hydrogens (primary N) is 1. The van der Waals surface area contributed by atoms with Gasteiger partial charge in [0.2, 0.25) is 0 Å². The van der Waals surface area contributed by atoms with Crippen molar-refractivity contribution in [1.82, 2.24) is 0 Å². The van der Waals surface area contributed by atoms with Crippen LogP contribution in [-0.2, 0) is 0 Å². The lowest BCUT2D eigenvalue weighted by atomic mass is 10.2. The first kappa shape index (κ1) is 8.75. The van der Waals surface area contributed by atoms with Crippen molar-refractivity contribution in [2.24, 2.45) is 5.92 Å². The third-order valence-electron chi connectivity index (χ3n) is 2.17. The molecule has 1 aliphatic rings. The van der Waals surface area contributed by atoms with Gasteiger partial charge in [0.05, 0.1) is 0 Å². The molecule has 0 saturated carbocycles. The number of thioether (sulfide) groups is 1. The third kappa shape index (κ3) is 1.91. The summed E-state index contributed by atoms with van der Waals surface area (Å²) in [5.41, 5.74) is 7.74. The molecule has 13 heavy (non-hydrogen) atoms. The van der Waals surface area contributed by atoms with Gasteiger partial charge in [-0.25, -0.2) is 0 Å². The number of rotatable bonds is 0. The highest BCUT2D eigenvalue weighted by atomic mass is 32.2. The minimum atomic E-state index is 0.721. The van der Waals surface area contributed by atoms with Gasteiger partial charge < -0.3 is 11.1 Å². The van der Waals surface area contributed by atoms with Gasteiger partial charge in [-0.15, -0.1) is 11.8 Å². The maximum absolute atomic E-state index is 5.72. The third-order valence-corrected chi connectivity index (χ3v) is 3.57. The Bertz CT molecular complexity index is 312. The molecule has 1 aliphatic heterocycles. The van der Waals surface area contributed by atoms with Crippen LogP contribution in [0, 0.1) is 5.92 Å². The fourth-order valence-corrected chi connectivity index (χ4v) is 2.42. The number of nitrogens with one attached hydrogen (secondary N) is 1. The topological polar surface area (TPSA) is 38.0 Å². The average molecular weight is 194 g/mol. The van der Waals surface area contributed by atoms with Crippen LogP contribution >= 0.6 is 11.8 Å². The standard InChI is InChI=1S/C10H14N2S/c1-7-5-12-9-4-8(11)2-3-10(9)13-6-7/h2-4,7,12H,5-6,11H2,1H3. The number of benzene rings is 1. The Balaban J connectivity index is 2.30. The van der Waals surface area contributed by atoms with Crippen molar-refractivity contribution in [2.75, 3.05) is 23.3 Å². The second kappa shape index (κ2) is 3.50. The predicted molar refractivity (Wildman–Crippen MR) is 59.2 cm³/mol. The minimum Gasteiger partial charge on any atom is -0.399 e. The van der Waals surface area contributed by atoms with Crippen molar-refractivity contribution in [3.8, 4) is 0 Å². The number of anilines is 2. The Labute approximate surface area is 82.9 Å². The summed E-state index contributed by atoms with van der Waals surface area (Å²) in [5, 5.41) is 3.41. The molecular weight excluding hydrogens is 180 g/mol. The van der Waals surface area contributed by atoms with Crippen molar-refractivity contribution in [3.05, 3.63) is 18.2 Å². The number of hydrogen-bond donors (Lipinski definition) is 2. The molecule has 1 atom stereocenters. The number of nitrogen functional groups attached to an aromatic ring is 1. The van der Waals surface area contributed by atoms with Gasteiger partial charge in [-0.1, -0.05) is 6.92 Å².